The van der Waals surface area contributed by atoms with Gasteiger partial charge in [-0.1, -0.05) is 42.1 Å². The molecule has 0 spiro atoms. The molecule has 0 bridgehead atoms. The van der Waals surface area contributed by atoms with Crippen LogP contribution in [-0.2, 0) is 4.79 Å². The van der Waals surface area contributed by atoms with Crippen LogP contribution in [-0.4, -0.2) is 17.5 Å². The average Bonchev–Trinajstić information content (AvgIpc) is 2.60. The lowest BCUT2D eigenvalue weighted by Crippen LogP contribution is -2.19. The summed E-state index contributed by atoms with van der Waals surface area (Å²) in [5.74, 6) is -0.578. The molecule has 0 saturated heterocycles. The molecular weight excluding hydrogens is 338 g/mol. The first kappa shape index (κ1) is 18.1. The second kappa shape index (κ2) is 8.04. The summed E-state index contributed by atoms with van der Waals surface area (Å²) in [5, 5.41) is 18.2. The molecule has 1 unspecified atom stereocenters. The van der Waals surface area contributed by atoms with Gasteiger partial charge in [0.05, 0.1) is 6.61 Å². The van der Waals surface area contributed by atoms with E-state index in [1.54, 1.807) is 31.2 Å². The first-order valence-electron chi connectivity index (χ1n) is 7.30. The summed E-state index contributed by atoms with van der Waals surface area (Å²) < 4.78 is 5.42. The number of ether oxygens (including phenoxy) is 1. The van der Waals surface area contributed by atoms with E-state index < -0.39 is 11.2 Å². The number of nitrogens with zero attached hydrogens (tertiary/aromatic N) is 3. The van der Waals surface area contributed by atoms with Crippen LogP contribution in [0.5, 0.6) is 5.75 Å². The highest BCUT2D eigenvalue weighted by Gasteiger charge is 2.26. The molecular formula is C17H15N5O2S. The maximum absolute atomic E-state index is 11.9. The molecule has 4 N–H and O–H groups in total. The van der Waals surface area contributed by atoms with Crippen LogP contribution >= 0.6 is 11.8 Å². The van der Waals surface area contributed by atoms with Crippen molar-refractivity contribution in [1.82, 2.24) is 4.98 Å². The normalized spacial score (nSPS) is 11.2. The molecule has 1 atom stereocenters. The Morgan fingerprint density at radius 1 is 1.28 bits per heavy atom. The number of pyridine rings is 1. The van der Waals surface area contributed by atoms with E-state index in [-0.39, 0.29) is 34.3 Å². The molecule has 1 aromatic carbocycles. The highest BCUT2D eigenvalue weighted by atomic mass is 32.2. The first-order valence-corrected chi connectivity index (χ1v) is 8.18. The van der Waals surface area contributed by atoms with Crippen LogP contribution < -0.4 is 16.2 Å². The molecule has 126 valence electrons. The third-order valence-corrected chi connectivity index (χ3v) is 4.51. The van der Waals surface area contributed by atoms with E-state index in [2.05, 4.69) is 4.98 Å². The predicted molar refractivity (Wildman–Crippen MR) is 93.5 cm³/mol. The van der Waals surface area contributed by atoms with Crippen LogP contribution in [0.1, 0.15) is 28.9 Å². The quantitative estimate of drug-likeness (QED) is 0.758. The summed E-state index contributed by atoms with van der Waals surface area (Å²) in [6, 6.07) is 12.8. The Hall–Kier alpha value is -3.23. The van der Waals surface area contributed by atoms with Crippen molar-refractivity contribution in [2.45, 2.75) is 17.2 Å². The Labute approximate surface area is 149 Å². The number of nitrogen functional groups attached to an aromatic ring is 1. The SMILES string of the molecule is CCOc1c(C#N)c(N)nc(SC(C(N)=O)c2ccccc2)c1C#N. The number of rotatable bonds is 6. The number of hydrogen-bond acceptors (Lipinski definition) is 7. The Kier molecular flexibility index (Phi) is 5.83. The van der Waals surface area contributed by atoms with Crippen LogP contribution in [0.2, 0.25) is 0 Å². The molecule has 25 heavy (non-hydrogen) atoms. The number of amides is 1. The highest BCUT2D eigenvalue weighted by molar-refractivity contribution is 8.00. The number of thioether (sulfide) groups is 1. The van der Waals surface area contributed by atoms with Gasteiger partial charge in [0.2, 0.25) is 5.91 Å². The summed E-state index contributed by atoms with van der Waals surface area (Å²) in [7, 11) is 0. The minimum absolute atomic E-state index is 0.00177. The molecule has 0 fully saturated rings. The average molecular weight is 353 g/mol. The number of anilines is 1. The van der Waals surface area contributed by atoms with E-state index in [0.29, 0.717) is 5.56 Å². The Morgan fingerprint density at radius 3 is 2.44 bits per heavy atom. The van der Waals surface area contributed by atoms with Crippen molar-refractivity contribution in [2.24, 2.45) is 5.73 Å². The number of nitrogens with two attached hydrogens (primary N) is 2. The van der Waals surface area contributed by atoms with Crippen LogP contribution in [0, 0.1) is 22.7 Å². The zero-order valence-corrected chi connectivity index (χ0v) is 14.2. The van der Waals surface area contributed by atoms with Crippen molar-refractivity contribution in [2.75, 3.05) is 12.3 Å². The summed E-state index contributed by atoms with van der Waals surface area (Å²) in [6.45, 7) is 1.97. The monoisotopic (exact) mass is 353 g/mol. The summed E-state index contributed by atoms with van der Waals surface area (Å²) >= 11 is 0.997. The van der Waals surface area contributed by atoms with Crippen molar-refractivity contribution in [3.63, 3.8) is 0 Å². The Morgan fingerprint density at radius 2 is 1.92 bits per heavy atom. The summed E-state index contributed by atoms with van der Waals surface area (Å²) in [4.78, 5) is 16.0. The maximum atomic E-state index is 11.9. The van der Waals surface area contributed by atoms with Gasteiger partial charge >= 0.3 is 0 Å². The second-order valence-electron chi connectivity index (χ2n) is 4.85. The molecule has 0 aliphatic rings. The van der Waals surface area contributed by atoms with Gasteiger partial charge in [-0.3, -0.25) is 4.79 Å². The number of carbonyl (C=O) groups is 1. The second-order valence-corrected chi connectivity index (χ2v) is 5.94. The van der Waals surface area contributed by atoms with Gasteiger partial charge in [0.1, 0.15) is 39.4 Å². The third kappa shape index (κ3) is 3.82. The molecule has 0 aliphatic carbocycles. The van der Waals surface area contributed by atoms with Crippen LogP contribution in [0.25, 0.3) is 0 Å². The lowest BCUT2D eigenvalue weighted by atomic mass is 10.1. The summed E-state index contributed by atoms with van der Waals surface area (Å²) in [5.41, 5.74) is 12.1. The van der Waals surface area contributed by atoms with Gasteiger partial charge in [0.15, 0.2) is 5.75 Å². The fraction of sp³-hybridized carbons (Fsp3) is 0.176. The smallest absolute Gasteiger partial charge is 0.235 e. The molecule has 0 aliphatic heterocycles. The van der Waals surface area contributed by atoms with Gasteiger partial charge in [-0.25, -0.2) is 4.98 Å². The highest BCUT2D eigenvalue weighted by Crippen LogP contribution is 2.40. The lowest BCUT2D eigenvalue weighted by molar-refractivity contribution is -0.117. The van der Waals surface area contributed by atoms with E-state index in [0.717, 1.165) is 11.8 Å². The topological polar surface area (TPSA) is 139 Å². The zero-order valence-electron chi connectivity index (χ0n) is 13.4. The van der Waals surface area contributed by atoms with Gasteiger partial charge in [-0.05, 0) is 12.5 Å². The van der Waals surface area contributed by atoms with E-state index in [4.69, 9.17) is 16.2 Å². The van der Waals surface area contributed by atoms with Gasteiger partial charge < -0.3 is 16.2 Å². The molecule has 1 amide bonds. The summed E-state index contributed by atoms with van der Waals surface area (Å²) in [6.07, 6.45) is 0. The molecule has 0 radical (unpaired) electrons. The lowest BCUT2D eigenvalue weighted by Gasteiger charge is -2.16. The fourth-order valence-corrected chi connectivity index (χ4v) is 3.21. The van der Waals surface area contributed by atoms with Crippen molar-refractivity contribution in [3.05, 3.63) is 47.0 Å². The number of carbonyl (C=O) groups excluding carboxylic acids is 1. The largest absolute Gasteiger partial charge is 0.491 e. The number of primary amides is 1. The first-order chi connectivity index (χ1) is 12.0. The van der Waals surface area contributed by atoms with Crippen molar-refractivity contribution >= 4 is 23.5 Å². The maximum Gasteiger partial charge on any atom is 0.235 e. The Balaban J connectivity index is 2.57. The van der Waals surface area contributed by atoms with E-state index in [1.807, 2.05) is 18.2 Å². The minimum Gasteiger partial charge on any atom is -0.491 e. The molecule has 8 heteroatoms. The molecule has 7 nitrogen and oxygen atoms in total. The van der Waals surface area contributed by atoms with E-state index >= 15 is 0 Å². The Bertz CT molecular complexity index is 871. The third-order valence-electron chi connectivity index (χ3n) is 3.25. The van der Waals surface area contributed by atoms with Gasteiger partial charge in [0, 0.05) is 0 Å². The number of benzene rings is 1. The van der Waals surface area contributed by atoms with Crippen molar-refractivity contribution in [3.8, 4) is 17.9 Å². The standard InChI is InChI=1S/C17H15N5O2S/c1-2-24-13-11(8-18)15(20)22-17(12(13)9-19)25-14(16(21)23)10-6-4-3-5-7-10/h3-7,14H,2H2,1H3,(H2,20,22)(H2,21,23). The van der Waals surface area contributed by atoms with Gasteiger partial charge in [-0.15, -0.1) is 0 Å². The van der Waals surface area contributed by atoms with Crippen LogP contribution in [0.3, 0.4) is 0 Å². The van der Waals surface area contributed by atoms with Crippen LogP contribution in [0.15, 0.2) is 35.4 Å². The van der Waals surface area contributed by atoms with Crippen molar-refractivity contribution in [1.29, 1.82) is 10.5 Å². The molecule has 1 heterocycles. The van der Waals surface area contributed by atoms with E-state index in [9.17, 15) is 15.3 Å². The molecule has 2 aromatic rings. The van der Waals surface area contributed by atoms with Gasteiger partial charge in [0.25, 0.3) is 0 Å². The van der Waals surface area contributed by atoms with Gasteiger partial charge in [-0.2, -0.15) is 10.5 Å². The number of hydrogen-bond donors (Lipinski definition) is 2. The van der Waals surface area contributed by atoms with Crippen LogP contribution in [0.4, 0.5) is 5.82 Å². The van der Waals surface area contributed by atoms with E-state index in [1.165, 1.54) is 0 Å². The van der Waals surface area contributed by atoms with Crippen molar-refractivity contribution < 1.29 is 9.53 Å². The number of nitriles is 2. The predicted octanol–water partition coefficient (Wildman–Crippen LogP) is 2.12. The number of aromatic nitrogens is 1. The fourth-order valence-electron chi connectivity index (χ4n) is 2.17. The zero-order chi connectivity index (χ0) is 18.4. The molecule has 0 saturated carbocycles. The minimum atomic E-state index is -0.761. The molecule has 1 aromatic heterocycles. The molecule has 2 rings (SSSR count).